The number of nitrogens with zero attached hydrogens (tertiary/aromatic N) is 1. The molecule has 1 aliphatic heterocycles. The van der Waals surface area contributed by atoms with Crippen LogP contribution in [0, 0.1) is 17.3 Å². The van der Waals surface area contributed by atoms with Gasteiger partial charge in [-0.1, -0.05) is 18.6 Å². The van der Waals surface area contributed by atoms with Crippen LogP contribution in [0.4, 0.5) is 0 Å². The lowest BCUT2D eigenvalue weighted by atomic mass is 9.95. The summed E-state index contributed by atoms with van der Waals surface area (Å²) in [6.07, 6.45) is 4.59. The second-order valence-electron chi connectivity index (χ2n) is 5.63. The summed E-state index contributed by atoms with van der Waals surface area (Å²) < 4.78 is 0. The van der Waals surface area contributed by atoms with Crippen molar-refractivity contribution >= 4 is 5.91 Å². The maximum absolute atomic E-state index is 11.8. The van der Waals surface area contributed by atoms with Crippen molar-refractivity contribution in [2.75, 3.05) is 13.6 Å². The van der Waals surface area contributed by atoms with Crippen LogP contribution >= 0.6 is 0 Å². The third kappa shape index (κ3) is 1.60. The van der Waals surface area contributed by atoms with Crippen molar-refractivity contribution in [2.45, 2.75) is 33.6 Å². The second kappa shape index (κ2) is 3.36. The van der Waals surface area contributed by atoms with E-state index < -0.39 is 0 Å². The van der Waals surface area contributed by atoms with Crippen LogP contribution in [0.5, 0.6) is 0 Å². The molecule has 2 nitrogen and oxygen atoms in total. The van der Waals surface area contributed by atoms with E-state index in [2.05, 4.69) is 26.8 Å². The highest BCUT2D eigenvalue weighted by Gasteiger charge is 2.68. The fourth-order valence-corrected chi connectivity index (χ4v) is 3.06. The molecule has 1 saturated heterocycles. The van der Waals surface area contributed by atoms with Crippen molar-refractivity contribution < 1.29 is 4.79 Å². The van der Waals surface area contributed by atoms with E-state index in [4.69, 9.17) is 0 Å². The van der Waals surface area contributed by atoms with Crippen molar-refractivity contribution in [3.8, 4) is 0 Å². The summed E-state index contributed by atoms with van der Waals surface area (Å²) in [7, 11) is 1.92. The predicted octanol–water partition coefficient (Wildman–Crippen LogP) is 2.46. The molecular formula is C13H21NO. The zero-order valence-corrected chi connectivity index (χ0v) is 10.2. The summed E-state index contributed by atoms with van der Waals surface area (Å²) in [5.41, 5.74) is 1.70. The smallest absolute Gasteiger partial charge is 0.226 e. The van der Waals surface area contributed by atoms with Gasteiger partial charge in [0.05, 0.1) is 0 Å². The molecule has 1 aliphatic carbocycles. The summed E-state index contributed by atoms with van der Waals surface area (Å²) in [6, 6.07) is 0. The van der Waals surface area contributed by atoms with Crippen molar-refractivity contribution in [1.82, 2.24) is 4.90 Å². The molecule has 3 atom stereocenters. The molecule has 2 aliphatic rings. The second-order valence-corrected chi connectivity index (χ2v) is 5.63. The first-order valence-corrected chi connectivity index (χ1v) is 5.85. The van der Waals surface area contributed by atoms with Gasteiger partial charge < -0.3 is 4.90 Å². The van der Waals surface area contributed by atoms with Gasteiger partial charge in [-0.25, -0.2) is 0 Å². The van der Waals surface area contributed by atoms with Crippen LogP contribution in [0.15, 0.2) is 11.6 Å². The van der Waals surface area contributed by atoms with Gasteiger partial charge in [-0.3, -0.25) is 4.79 Å². The van der Waals surface area contributed by atoms with Crippen molar-refractivity contribution in [3.63, 3.8) is 0 Å². The van der Waals surface area contributed by atoms with Crippen LogP contribution in [0.25, 0.3) is 0 Å². The first kappa shape index (κ1) is 10.7. The molecule has 0 bridgehead atoms. The first-order valence-electron chi connectivity index (χ1n) is 5.85. The number of carbonyl (C=O) groups excluding carboxylic acids is 1. The van der Waals surface area contributed by atoms with Gasteiger partial charge in [-0.05, 0) is 38.0 Å². The maximum Gasteiger partial charge on any atom is 0.226 e. The van der Waals surface area contributed by atoms with Crippen LogP contribution in [-0.4, -0.2) is 24.4 Å². The molecule has 0 N–H and O–H groups in total. The van der Waals surface area contributed by atoms with Crippen molar-refractivity contribution in [2.24, 2.45) is 17.3 Å². The molecule has 2 heteroatoms. The number of hydrogen-bond acceptors (Lipinski definition) is 1. The number of fused-ring (bicyclic) bond motifs is 1. The zero-order chi connectivity index (χ0) is 11.2. The first-order chi connectivity index (χ1) is 6.97. The minimum atomic E-state index is 0.315. The lowest BCUT2D eigenvalue weighted by molar-refractivity contribution is -0.130. The Morgan fingerprint density at radius 3 is 2.73 bits per heavy atom. The lowest BCUT2D eigenvalue weighted by Gasteiger charge is -2.19. The number of rotatable bonds is 3. The third-order valence-corrected chi connectivity index (χ3v) is 4.20. The van der Waals surface area contributed by atoms with E-state index >= 15 is 0 Å². The SMILES string of the molecule is CC(C)=CCC[C@@]1(C)[C@@H]2CN(C)C(=O)[C@@H]21. The highest BCUT2D eigenvalue weighted by Crippen LogP contribution is 2.65. The van der Waals surface area contributed by atoms with Gasteiger partial charge in [0, 0.05) is 19.5 Å². The van der Waals surface area contributed by atoms with Crippen LogP contribution in [0.1, 0.15) is 33.6 Å². The average molecular weight is 207 g/mol. The minimum Gasteiger partial charge on any atom is -0.345 e. The molecule has 0 unspecified atom stereocenters. The van der Waals surface area contributed by atoms with Crippen LogP contribution in [0.2, 0.25) is 0 Å². The van der Waals surface area contributed by atoms with Crippen LogP contribution in [-0.2, 0) is 4.79 Å². The molecule has 1 heterocycles. The molecule has 0 spiro atoms. The summed E-state index contributed by atoms with van der Waals surface area (Å²) >= 11 is 0. The quantitative estimate of drug-likeness (QED) is 0.651. The maximum atomic E-state index is 11.8. The summed E-state index contributed by atoms with van der Waals surface area (Å²) in [6.45, 7) is 7.53. The van der Waals surface area contributed by atoms with E-state index in [1.54, 1.807) is 0 Å². The summed E-state index contributed by atoms with van der Waals surface area (Å²) in [5.74, 6) is 1.35. The number of carbonyl (C=O) groups is 1. The Labute approximate surface area is 92.3 Å². The topological polar surface area (TPSA) is 20.3 Å². The fraction of sp³-hybridized carbons (Fsp3) is 0.769. The van der Waals surface area contributed by atoms with E-state index in [9.17, 15) is 4.79 Å². The summed E-state index contributed by atoms with van der Waals surface area (Å²) in [4.78, 5) is 13.7. The Morgan fingerprint density at radius 2 is 2.27 bits per heavy atom. The van der Waals surface area contributed by atoms with E-state index in [1.165, 1.54) is 12.0 Å². The molecule has 0 aromatic carbocycles. The highest BCUT2D eigenvalue weighted by molar-refractivity contribution is 5.86. The van der Waals surface area contributed by atoms with Gasteiger partial charge in [0.15, 0.2) is 0 Å². The van der Waals surface area contributed by atoms with E-state index in [0.29, 0.717) is 23.2 Å². The molecular weight excluding hydrogens is 186 g/mol. The number of hydrogen-bond donors (Lipinski definition) is 0. The molecule has 2 rings (SSSR count). The van der Waals surface area contributed by atoms with Gasteiger partial charge in [0.1, 0.15) is 0 Å². The Morgan fingerprint density at radius 1 is 1.60 bits per heavy atom. The number of piperidine rings is 1. The molecule has 84 valence electrons. The highest BCUT2D eigenvalue weighted by atomic mass is 16.2. The van der Waals surface area contributed by atoms with E-state index in [0.717, 1.165) is 13.0 Å². The average Bonchev–Trinajstić information content (AvgIpc) is 2.54. The van der Waals surface area contributed by atoms with E-state index in [1.807, 2.05) is 11.9 Å². The Hall–Kier alpha value is -0.790. The van der Waals surface area contributed by atoms with Crippen molar-refractivity contribution in [3.05, 3.63) is 11.6 Å². The monoisotopic (exact) mass is 207 g/mol. The zero-order valence-electron chi connectivity index (χ0n) is 10.2. The molecule has 1 amide bonds. The Bertz CT molecular complexity index is 316. The van der Waals surface area contributed by atoms with Crippen LogP contribution in [0.3, 0.4) is 0 Å². The predicted molar refractivity (Wildman–Crippen MR) is 61.4 cm³/mol. The van der Waals surface area contributed by atoms with Gasteiger partial charge in [0.2, 0.25) is 5.91 Å². The van der Waals surface area contributed by atoms with E-state index in [-0.39, 0.29) is 0 Å². The molecule has 2 fully saturated rings. The normalized spacial score (nSPS) is 37.9. The van der Waals surface area contributed by atoms with Gasteiger partial charge in [-0.15, -0.1) is 0 Å². The third-order valence-electron chi connectivity index (χ3n) is 4.20. The van der Waals surface area contributed by atoms with Crippen LogP contribution < -0.4 is 0 Å². The Kier molecular flexibility index (Phi) is 2.40. The number of amides is 1. The van der Waals surface area contributed by atoms with Gasteiger partial charge in [0.25, 0.3) is 0 Å². The van der Waals surface area contributed by atoms with Gasteiger partial charge in [-0.2, -0.15) is 0 Å². The molecule has 15 heavy (non-hydrogen) atoms. The number of likely N-dealkylation sites (tertiary alicyclic amines) is 1. The minimum absolute atomic E-state index is 0.315. The number of allylic oxidation sites excluding steroid dienone is 2. The van der Waals surface area contributed by atoms with Gasteiger partial charge >= 0.3 is 0 Å². The standard InChI is InChI=1S/C13H21NO/c1-9(2)6-5-7-13(3)10-8-14(4)12(15)11(10)13/h6,10-11H,5,7-8H2,1-4H3/t10-,11-,13+/m1/s1. The lowest BCUT2D eigenvalue weighted by Crippen LogP contribution is -2.28. The van der Waals surface area contributed by atoms with Crippen molar-refractivity contribution in [1.29, 1.82) is 0 Å². The Balaban J connectivity index is 1.91. The molecule has 0 radical (unpaired) electrons. The molecule has 0 aromatic rings. The molecule has 1 saturated carbocycles. The fourth-order valence-electron chi connectivity index (χ4n) is 3.06. The largest absolute Gasteiger partial charge is 0.345 e. The molecule has 0 aromatic heterocycles. The summed E-state index contributed by atoms with van der Waals surface area (Å²) in [5, 5.41) is 0.